The van der Waals surface area contributed by atoms with Gasteiger partial charge in [0.1, 0.15) is 6.04 Å². The number of amides is 1. The number of carbonyl (C=O) groups is 2. The van der Waals surface area contributed by atoms with Crippen LogP contribution in [0.4, 0.5) is 0 Å². The van der Waals surface area contributed by atoms with E-state index in [0.29, 0.717) is 16.1 Å². The van der Waals surface area contributed by atoms with Gasteiger partial charge in [-0.15, -0.1) is 0 Å². The van der Waals surface area contributed by atoms with Crippen molar-refractivity contribution in [2.24, 2.45) is 0 Å². The Hall–Kier alpha value is -1.55. The van der Waals surface area contributed by atoms with Crippen molar-refractivity contribution >= 4 is 23.5 Å². The third kappa shape index (κ3) is 2.97. The van der Waals surface area contributed by atoms with Crippen LogP contribution in [0.15, 0.2) is 18.2 Å². The molecule has 2 N–H and O–H groups in total. The van der Waals surface area contributed by atoms with E-state index < -0.39 is 17.9 Å². The Morgan fingerprint density at radius 1 is 1.44 bits per heavy atom. The number of halogens is 1. The Morgan fingerprint density at radius 2 is 2.06 bits per heavy atom. The van der Waals surface area contributed by atoms with Crippen LogP contribution < -0.4 is 5.32 Å². The van der Waals surface area contributed by atoms with Crippen LogP contribution in [-0.2, 0) is 4.79 Å². The first kappa shape index (κ1) is 12.5. The van der Waals surface area contributed by atoms with Gasteiger partial charge in [-0.3, -0.25) is 9.59 Å². The molecule has 0 aliphatic rings. The molecule has 0 aliphatic heterocycles. The summed E-state index contributed by atoms with van der Waals surface area (Å²) in [5.74, 6) is -1.48. The van der Waals surface area contributed by atoms with Crippen LogP contribution in [-0.4, -0.2) is 23.0 Å². The first-order valence-corrected chi connectivity index (χ1v) is 5.09. The minimum absolute atomic E-state index is 0.413. The lowest BCUT2D eigenvalue weighted by atomic mass is 10.1. The zero-order chi connectivity index (χ0) is 12.3. The Kier molecular flexibility index (Phi) is 3.90. The summed E-state index contributed by atoms with van der Waals surface area (Å²) in [4.78, 5) is 22.2. The number of aryl methyl sites for hydroxylation is 1. The van der Waals surface area contributed by atoms with Crippen LogP contribution in [0.1, 0.15) is 22.8 Å². The van der Waals surface area contributed by atoms with Crippen molar-refractivity contribution in [2.45, 2.75) is 19.9 Å². The first-order chi connectivity index (χ1) is 7.41. The van der Waals surface area contributed by atoms with Crippen LogP contribution in [0.2, 0.25) is 5.02 Å². The molecule has 0 heterocycles. The fraction of sp³-hybridized carbons (Fsp3) is 0.273. The van der Waals surface area contributed by atoms with Crippen molar-refractivity contribution in [1.29, 1.82) is 0 Å². The Bertz CT molecular complexity index is 431. The zero-order valence-corrected chi connectivity index (χ0v) is 9.71. The van der Waals surface area contributed by atoms with Gasteiger partial charge in [-0.05, 0) is 37.6 Å². The quantitative estimate of drug-likeness (QED) is 0.849. The molecule has 0 aromatic heterocycles. The standard InChI is InChI=1S/C11H12ClNO3/c1-6-5-8(12)3-4-9(6)10(14)13-7(2)11(15)16/h3-5,7H,1-2H3,(H,13,14)(H,15,16). The molecular formula is C11H12ClNO3. The summed E-state index contributed by atoms with van der Waals surface area (Å²) in [5.41, 5.74) is 1.14. The molecule has 0 aliphatic carbocycles. The first-order valence-electron chi connectivity index (χ1n) is 4.71. The van der Waals surface area contributed by atoms with Gasteiger partial charge in [0, 0.05) is 10.6 Å². The number of carbonyl (C=O) groups excluding carboxylic acids is 1. The monoisotopic (exact) mass is 241 g/mol. The number of hydrogen-bond donors (Lipinski definition) is 2. The zero-order valence-electron chi connectivity index (χ0n) is 8.95. The van der Waals surface area contributed by atoms with Crippen LogP contribution in [0.25, 0.3) is 0 Å². The van der Waals surface area contributed by atoms with Gasteiger partial charge in [0.2, 0.25) is 0 Å². The summed E-state index contributed by atoms with van der Waals surface area (Å²) in [5, 5.41) is 11.6. The van der Waals surface area contributed by atoms with Crippen molar-refractivity contribution in [3.05, 3.63) is 34.3 Å². The molecule has 5 heteroatoms. The van der Waals surface area contributed by atoms with E-state index in [1.807, 2.05) is 0 Å². The number of rotatable bonds is 3. The van der Waals surface area contributed by atoms with Gasteiger partial charge in [-0.1, -0.05) is 11.6 Å². The van der Waals surface area contributed by atoms with E-state index >= 15 is 0 Å². The Labute approximate surface area is 98.2 Å². The number of carboxylic acids is 1. The van der Waals surface area contributed by atoms with Crippen LogP contribution >= 0.6 is 11.6 Å². The largest absolute Gasteiger partial charge is 0.480 e. The van der Waals surface area contributed by atoms with E-state index in [1.54, 1.807) is 25.1 Å². The highest BCUT2D eigenvalue weighted by Gasteiger charge is 2.16. The van der Waals surface area contributed by atoms with E-state index in [4.69, 9.17) is 16.7 Å². The molecule has 0 radical (unpaired) electrons. The molecule has 0 spiro atoms. The number of nitrogens with one attached hydrogen (secondary N) is 1. The predicted molar refractivity (Wildman–Crippen MR) is 60.8 cm³/mol. The van der Waals surface area contributed by atoms with Crippen molar-refractivity contribution < 1.29 is 14.7 Å². The molecule has 1 aromatic rings. The number of hydrogen-bond acceptors (Lipinski definition) is 2. The molecule has 1 aromatic carbocycles. The van der Waals surface area contributed by atoms with Gasteiger partial charge in [-0.25, -0.2) is 0 Å². The van der Waals surface area contributed by atoms with Gasteiger partial charge in [-0.2, -0.15) is 0 Å². The van der Waals surface area contributed by atoms with Crippen molar-refractivity contribution in [1.82, 2.24) is 5.32 Å². The van der Waals surface area contributed by atoms with E-state index in [2.05, 4.69) is 5.32 Å². The molecule has 0 saturated carbocycles. The maximum Gasteiger partial charge on any atom is 0.325 e. The van der Waals surface area contributed by atoms with E-state index in [-0.39, 0.29) is 0 Å². The summed E-state index contributed by atoms with van der Waals surface area (Å²) in [6.45, 7) is 3.15. The molecule has 0 fully saturated rings. The van der Waals surface area contributed by atoms with Crippen molar-refractivity contribution in [2.75, 3.05) is 0 Å². The van der Waals surface area contributed by atoms with E-state index in [1.165, 1.54) is 6.92 Å². The third-order valence-corrected chi connectivity index (χ3v) is 2.39. The molecule has 1 atom stereocenters. The normalized spacial score (nSPS) is 11.9. The highest BCUT2D eigenvalue weighted by molar-refractivity contribution is 6.30. The maximum absolute atomic E-state index is 11.7. The lowest BCUT2D eigenvalue weighted by Crippen LogP contribution is -2.38. The lowest BCUT2D eigenvalue weighted by molar-refractivity contribution is -0.138. The Morgan fingerprint density at radius 3 is 2.56 bits per heavy atom. The predicted octanol–water partition coefficient (Wildman–Crippen LogP) is 1.85. The Balaban J connectivity index is 2.85. The molecule has 16 heavy (non-hydrogen) atoms. The van der Waals surface area contributed by atoms with Gasteiger partial charge in [0.05, 0.1) is 0 Å². The lowest BCUT2D eigenvalue weighted by Gasteiger charge is -2.10. The van der Waals surface area contributed by atoms with Gasteiger partial charge >= 0.3 is 5.97 Å². The fourth-order valence-electron chi connectivity index (χ4n) is 1.22. The topological polar surface area (TPSA) is 66.4 Å². The minimum Gasteiger partial charge on any atom is -0.480 e. The number of carboxylic acid groups (broad SMARTS) is 1. The maximum atomic E-state index is 11.7. The third-order valence-electron chi connectivity index (χ3n) is 2.15. The number of benzene rings is 1. The second-order valence-electron chi connectivity index (χ2n) is 3.49. The summed E-state index contributed by atoms with van der Waals surface area (Å²) < 4.78 is 0. The molecule has 0 saturated heterocycles. The van der Waals surface area contributed by atoms with Crippen molar-refractivity contribution in [3.63, 3.8) is 0 Å². The summed E-state index contributed by atoms with van der Waals surface area (Å²) in [7, 11) is 0. The molecular weight excluding hydrogens is 230 g/mol. The highest BCUT2D eigenvalue weighted by Crippen LogP contribution is 2.15. The average molecular weight is 242 g/mol. The summed E-state index contributed by atoms with van der Waals surface area (Å²) >= 11 is 5.75. The molecule has 4 nitrogen and oxygen atoms in total. The molecule has 1 amide bonds. The average Bonchev–Trinajstić information content (AvgIpc) is 2.16. The molecule has 1 unspecified atom stereocenters. The minimum atomic E-state index is -1.07. The fourth-order valence-corrected chi connectivity index (χ4v) is 1.44. The van der Waals surface area contributed by atoms with Crippen LogP contribution in [0.5, 0.6) is 0 Å². The molecule has 86 valence electrons. The molecule has 1 rings (SSSR count). The van der Waals surface area contributed by atoms with E-state index in [0.717, 1.165) is 0 Å². The molecule has 0 bridgehead atoms. The SMILES string of the molecule is Cc1cc(Cl)ccc1C(=O)NC(C)C(=O)O. The van der Waals surface area contributed by atoms with Crippen molar-refractivity contribution in [3.8, 4) is 0 Å². The summed E-state index contributed by atoms with van der Waals surface area (Å²) in [6, 6.07) is 3.90. The van der Waals surface area contributed by atoms with Gasteiger partial charge < -0.3 is 10.4 Å². The van der Waals surface area contributed by atoms with E-state index in [9.17, 15) is 9.59 Å². The van der Waals surface area contributed by atoms with Crippen LogP contribution in [0.3, 0.4) is 0 Å². The summed E-state index contributed by atoms with van der Waals surface area (Å²) in [6.07, 6.45) is 0. The highest BCUT2D eigenvalue weighted by atomic mass is 35.5. The van der Waals surface area contributed by atoms with Gasteiger partial charge in [0.25, 0.3) is 5.91 Å². The second kappa shape index (κ2) is 4.99. The second-order valence-corrected chi connectivity index (χ2v) is 3.93. The number of aliphatic carboxylic acids is 1. The van der Waals surface area contributed by atoms with Crippen LogP contribution in [0, 0.1) is 6.92 Å². The van der Waals surface area contributed by atoms with Gasteiger partial charge in [0.15, 0.2) is 0 Å². The smallest absolute Gasteiger partial charge is 0.325 e.